The molecule has 2 bridgehead atoms. The Labute approximate surface area is 174 Å². The van der Waals surface area contributed by atoms with Crippen LogP contribution < -0.4 is 0 Å². The normalized spacial score (nSPS) is 22.0. The van der Waals surface area contributed by atoms with Crippen molar-refractivity contribution >= 4 is 5.69 Å². The van der Waals surface area contributed by atoms with Gasteiger partial charge in [0.1, 0.15) is 5.56 Å². The molecule has 2 aromatic carbocycles. The molecule has 0 aliphatic heterocycles. The smallest absolute Gasteiger partial charge is 0.423 e. The van der Waals surface area contributed by atoms with Crippen molar-refractivity contribution in [3.05, 3.63) is 80.9 Å². The molecule has 0 amide bonds. The molecule has 160 valence electrons. The molecule has 1 fully saturated rings. The van der Waals surface area contributed by atoms with Crippen LogP contribution >= 0.6 is 0 Å². The van der Waals surface area contributed by atoms with Crippen LogP contribution in [-0.4, -0.2) is 19.7 Å². The van der Waals surface area contributed by atoms with E-state index in [1.165, 1.54) is 0 Å². The van der Waals surface area contributed by atoms with Crippen LogP contribution in [0.25, 0.3) is 5.69 Å². The van der Waals surface area contributed by atoms with Gasteiger partial charge in [-0.3, -0.25) is 14.7 Å². The summed E-state index contributed by atoms with van der Waals surface area (Å²) < 4.78 is 41.2. The molecule has 2 N–H and O–H groups in total. The summed E-state index contributed by atoms with van der Waals surface area (Å²) in [5, 5.41) is 32.8. The van der Waals surface area contributed by atoms with E-state index in [9.17, 15) is 33.5 Å². The highest BCUT2D eigenvalue weighted by molar-refractivity contribution is 5.62. The van der Waals surface area contributed by atoms with Gasteiger partial charge in [-0.2, -0.15) is 13.2 Å². The Bertz CT molecular complexity index is 1200. The number of fused-ring (bicyclic) bond motifs is 5. The summed E-state index contributed by atoms with van der Waals surface area (Å²) in [6.45, 7) is 0. The van der Waals surface area contributed by atoms with Gasteiger partial charge in [-0.15, -0.1) is 0 Å². The molecule has 0 spiro atoms. The lowest BCUT2D eigenvalue weighted by Gasteiger charge is -2.22. The molecule has 9 heteroatoms. The van der Waals surface area contributed by atoms with Crippen LogP contribution in [0.15, 0.2) is 48.5 Å². The second-order valence-electron chi connectivity index (χ2n) is 8.06. The predicted octanol–water partition coefficient (Wildman–Crippen LogP) is 5.57. The van der Waals surface area contributed by atoms with E-state index in [1.807, 2.05) is 30.3 Å². The van der Waals surface area contributed by atoms with Gasteiger partial charge in [0.2, 0.25) is 11.8 Å². The lowest BCUT2D eigenvalue weighted by molar-refractivity contribution is -0.388. The van der Waals surface area contributed by atoms with E-state index >= 15 is 0 Å². The molecule has 3 aromatic rings. The molecule has 5 rings (SSSR count). The predicted molar refractivity (Wildman–Crippen MR) is 105 cm³/mol. The van der Waals surface area contributed by atoms with Crippen LogP contribution in [0.1, 0.15) is 52.8 Å². The van der Waals surface area contributed by atoms with Crippen molar-refractivity contribution in [1.82, 2.24) is 4.57 Å². The van der Waals surface area contributed by atoms with E-state index < -0.39 is 22.4 Å². The average Bonchev–Trinajstić information content (AvgIpc) is 3.39. The molecular formula is C22H17F3N2O4. The number of aromatic nitrogens is 1. The molecular weight excluding hydrogens is 413 g/mol. The zero-order chi connectivity index (χ0) is 22.1. The Morgan fingerprint density at radius 2 is 1.61 bits per heavy atom. The number of hydrogen-bond acceptors (Lipinski definition) is 4. The van der Waals surface area contributed by atoms with Gasteiger partial charge >= 0.3 is 6.18 Å². The highest BCUT2D eigenvalue weighted by Crippen LogP contribution is 2.65. The van der Waals surface area contributed by atoms with Crippen LogP contribution in [0.4, 0.5) is 18.9 Å². The average molecular weight is 430 g/mol. The third-order valence-electron chi connectivity index (χ3n) is 6.51. The lowest BCUT2D eigenvalue weighted by Crippen LogP contribution is -2.10. The minimum atomic E-state index is -4.96. The van der Waals surface area contributed by atoms with Crippen molar-refractivity contribution in [2.75, 3.05) is 0 Å². The quantitative estimate of drug-likeness (QED) is 0.420. The highest BCUT2D eigenvalue weighted by Gasteiger charge is 2.50. The molecule has 1 saturated carbocycles. The van der Waals surface area contributed by atoms with Gasteiger partial charge in [0.25, 0.3) is 5.69 Å². The van der Waals surface area contributed by atoms with E-state index in [0.29, 0.717) is 17.2 Å². The molecule has 2 aliphatic carbocycles. The number of nitrogens with zero attached hydrogens (tertiary/aromatic N) is 2. The fourth-order valence-corrected chi connectivity index (χ4v) is 5.31. The number of rotatable bonds is 3. The standard InChI is InChI=1S/C22H17F3N2O4/c23-22(24,25)16-10-13(6-7-17(16)27(30)31)26-20(28)18-12-8-14(11-4-2-1-3-5-11)15(9-12)19(18)21(26)29/h1-7,10,12,14-15,28-29H,8-9H2/t12-,14+,15-/m1/s1. The van der Waals surface area contributed by atoms with Crippen molar-refractivity contribution in [1.29, 1.82) is 0 Å². The fourth-order valence-electron chi connectivity index (χ4n) is 5.31. The Morgan fingerprint density at radius 1 is 0.968 bits per heavy atom. The van der Waals surface area contributed by atoms with Gasteiger partial charge in [-0.25, -0.2) is 0 Å². The van der Waals surface area contributed by atoms with Crippen molar-refractivity contribution in [3.63, 3.8) is 0 Å². The van der Waals surface area contributed by atoms with E-state index in [1.54, 1.807) is 0 Å². The summed E-state index contributed by atoms with van der Waals surface area (Å²) in [6.07, 6.45) is -3.44. The first-order valence-corrected chi connectivity index (χ1v) is 9.75. The van der Waals surface area contributed by atoms with Crippen LogP contribution in [0.5, 0.6) is 11.8 Å². The SMILES string of the molecule is O=[N+]([O-])c1ccc(-n2c(O)c3c(c2O)[C@@H]2C[C@H]3C[C@H]2c2ccccc2)cc1C(F)(F)F. The molecule has 3 atom stereocenters. The Hall–Kier alpha value is -3.49. The Balaban J connectivity index is 1.63. The van der Waals surface area contributed by atoms with Crippen molar-refractivity contribution in [2.24, 2.45) is 0 Å². The van der Waals surface area contributed by atoms with Gasteiger partial charge in [0.05, 0.1) is 10.6 Å². The first kappa shape index (κ1) is 19.5. The lowest BCUT2D eigenvalue weighted by atomic mass is 9.81. The molecule has 31 heavy (non-hydrogen) atoms. The number of nitro groups is 1. The second-order valence-corrected chi connectivity index (χ2v) is 8.06. The first-order valence-electron chi connectivity index (χ1n) is 9.75. The van der Waals surface area contributed by atoms with Crippen LogP contribution in [0.3, 0.4) is 0 Å². The number of aromatic hydroxyl groups is 2. The number of hydrogen-bond donors (Lipinski definition) is 2. The minimum Gasteiger partial charge on any atom is -0.494 e. The maximum atomic E-state index is 13.4. The van der Waals surface area contributed by atoms with E-state index in [0.717, 1.165) is 35.1 Å². The maximum Gasteiger partial charge on any atom is 0.423 e. The monoisotopic (exact) mass is 430 g/mol. The third-order valence-corrected chi connectivity index (χ3v) is 6.51. The summed E-state index contributed by atoms with van der Waals surface area (Å²) in [4.78, 5) is 9.92. The van der Waals surface area contributed by atoms with Crippen LogP contribution in [-0.2, 0) is 6.18 Å². The van der Waals surface area contributed by atoms with Gasteiger partial charge in [0, 0.05) is 17.2 Å². The molecule has 0 radical (unpaired) electrons. The number of nitro benzene ring substituents is 1. The van der Waals surface area contributed by atoms with Crippen molar-refractivity contribution in [3.8, 4) is 17.4 Å². The van der Waals surface area contributed by atoms with Crippen molar-refractivity contribution < 1.29 is 28.3 Å². The Morgan fingerprint density at radius 3 is 2.26 bits per heavy atom. The fraction of sp³-hybridized carbons (Fsp3) is 0.273. The zero-order valence-electron chi connectivity index (χ0n) is 16.0. The largest absolute Gasteiger partial charge is 0.494 e. The second kappa shape index (κ2) is 6.50. The molecule has 1 heterocycles. The summed E-state index contributed by atoms with van der Waals surface area (Å²) in [7, 11) is 0. The van der Waals surface area contributed by atoms with Crippen LogP contribution in [0.2, 0.25) is 0 Å². The molecule has 1 aromatic heterocycles. The zero-order valence-corrected chi connectivity index (χ0v) is 16.0. The number of halogens is 3. The first-order chi connectivity index (χ1) is 14.7. The highest BCUT2D eigenvalue weighted by atomic mass is 19.4. The Kier molecular flexibility index (Phi) is 4.08. The number of benzene rings is 2. The topological polar surface area (TPSA) is 88.5 Å². The summed E-state index contributed by atoms with van der Waals surface area (Å²) in [5.41, 5.74) is -0.483. The van der Waals surface area contributed by atoms with Crippen molar-refractivity contribution in [2.45, 2.75) is 36.8 Å². The molecule has 6 nitrogen and oxygen atoms in total. The van der Waals surface area contributed by atoms with Gasteiger partial charge < -0.3 is 10.2 Å². The van der Waals surface area contributed by atoms with Gasteiger partial charge in [-0.05, 0) is 48.3 Å². The number of alkyl halides is 3. The summed E-state index contributed by atoms with van der Waals surface area (Å²) in [5.74, 6) is -0.564. The van der Waals surface area contributed by atoms with Gasteiger partial charge in [-0.1, -0.05) is 30.3 Å². The third kappa shape index (κ3) is 2.79. The van der Waals surface area contributed by atoms with E-state index in [2.05, 4.69) is 0 Å². The van der Waals surface area contributed by atoms with Gasteiger partial charge in [0.15, 0.2) is 0 Å². The molecule has 0 saturated heterocycles. The summed E-state index contributed by atoms with van der Waals surface area (Å²) in [6, 6.07) is 12.2. The molecule has 0 unspecified atom stereocenters. The van der Waals surface area contributed by atoms with E-state index in [4.69, 9.17) is 0 Å². The van der Waals surface area contributed by atoms with Crippen LogP contribution in [0, 0.1) is 10.1 Å². The molecule has 2 aliphatic rings. The summed E-state index contributed by atoms with van der Waals surface area (Å²) >= 11 is 0. The minimum absolute atomic E-state index is 0.0162. The maximum absolute atomic E-state index is 13.4. The van der Waals surface area contributed by atoms with E-state index in [-0.39, 0.29) is 35.2 Å².